The van der Waals surface area contributed by atoms with Crippen LogP contribution >= 0.6 is 0 Å². The first-order chi connectivity index (χ1) is 20.8. The summed E-state index contributed by atoms with van der Waals surface area (Å²) in [6.45, 7) is 5.12. The summed E-state index contributed by atoms with van der Waals surface area (Å²) in [4.78, 5) is 57.8. The van der Waals surface area contributed by atoms with Crippen molar-refractivity contribution in [2.24, 2.45) is 0 Å². The Balaban J connectivity index is 3.72. The Hall–Kier alpha value is -2.81. The highest BCUT2D eigenvalue weighted by molar-refractivity contribution is 5.84. The average Bonchev–Trinajstić information content (AvgIpc) is 2.96. The minimum atomic E-state index is -1.19. The van der Waals surface area contributed by atoms with Crippen LogP contribution in [0.5, 0.6) is 0 Å². The lowest BCUT2D eigenvalue weighted by atomic mass is 10.1. The second kappa shape index (κ2) is 29.3. The van der Waals surface area contributed by atoms with E-state index in [1.54, 1.807) is 0 Å². The van der Waals surface area contributed by atoms with Gasteiger partial charge in [-0.3, -0.25) is 19.2 Å². The molecule has 43 heavy (non-hydrogen) atoms. The quantitative estimate of drug-likeness (QED) is 0.0707. The van der Waals surface area contributed by atoms with Crippen molar-refractivity contribution < 1.29 is 53.1 Å². The van der Waals surface area contributed by atoms with Gasteiger partial charge in [-0.05, 0) is 26.2 Å². The number of ether oxygens (including phenoxy) is 4. The Morgan fingerprint density at radius 1 is 0.581 bits per heavy atom. The number of unbranched alkanes of at least 4 members (excludes halogenated alkanes) is 7. The van der Waals surface area contributed by atoms with E-state index in [4.69, 9.17) is 24.1 Å². The van der Waals surface area contributed by atoms with Gasteiger partial charge in [0.15, 0.2) is 0 Å². The summed E-state index contributed by atoms with van der Waals surface area (Å²) in [7, 11) is 0. The maximum Gasteiger partial charge on any atom is 0.326 e. The second-order valence-electron chi connectivity index (χ2n) is 9.89. The van der Waals surface area contributed by atoms with E-state index >= 15 is 0 Å². The van der Waals surface area contributed by atoms with E-state index in [-0.39, 0.29) is 76.4 Å². The van der Waals surface area contributed by atoms with Crippen molar-refractivity contribution >= 4 is 29.7 Å². The molecule has 0 heterocycles. The van der Waals surface area contributed by atoms with E-state index in [2.05, 4.69) is 16.0 Å². The van der Waals surface area contributed by atoms with Crippen molar-refractivity contribution in [3.8, 4) is 0 Å². The number of rotatable bonds is 31. The Kier molecular flexibility index (Phi) is 27.4. The number of carbonyl (C=O) groups is 5. The van der Waals surface area contributed by atoms with E-state index in [0.29, 0.717) is 45.8 Å². The van der Waals surface area contributed by atoms with Crippen LogP contribution in [0.15, 0.2) is 0 Å². The van der Waals surface area contributed by atoms with E-state index < -0.39 is 18.0 Å². The van der Waals surface area contributed by atoms with Crippen LogP contribution in [0.1, 0.15) is 84.0 Å². The molecule has 1 atom stereocenters. The van der Waals surface area contributed by atoms with Gasteiger partial charge in [0.25, 0.3) is 0 Å². The molecule has 0 fully saturated rings. The monoisotopic (exact) mass is 619 g/mol. The average molecular weight is 620 g/mol. The summed E-state index contributed by atoms with van der Waals surface area (Å²) in [5.41, 5.74) is 0. The summed E-state index contributed by atoms with van der Waals surface area (Å²) in [5.74, 6) is -2.91. The van der Waals surface area contributed by atoms with Crippen molar-refractivity contribution in [3.05, 3.63) is 0 Å². The fraction of sp³-hybridized carbons (Fsp3) is 0.828. The number of hydrogen-bond acceptors (Lipinski definition) is 9. The number of aliphatic carboxylic acids is 2. The van der Waals surface area contributed by atoms with Gasteiger partial charge in [0.2, 0.25) is 17.7 Å². The van der Waals surface area contributed by atoms with Gasteiger partial charge in [0.05, 0.1) is 39.6 Å². The first-order valence-corrected chi connectivity index (χ1v) is 15.3. The molecule has 0 saturated carbocycles. The highest BCUT2D eigenvalue weighted by atomic mass is 16.5. The molecule has 0 spiro atoms. The van der Waals surface area contributed by atoms with Crippen molar-refractivity contribution in [2.75, 3.05) is 65.9 Å². The maximum absolute atomic E-state index is 12.1. The molecule has 14 nitrogen and oxygen atoms in total. The molecule has 5 N–H and O–H groups in total. The predicted molar refractivity (Wildman–Crippen MR) is 158 cm³/mol. The van der Waals surface area contributed by atoms with Crippen molar-refractivity contribution in [1.29, 1.82) is 0 Å². The number of amides is 3. The third kappa shape index (κ3) is 29.1. The number of carboxylic acids is 2. The lowest BCUT2D eigenvalue weighted by Crippen LogP contribution is -2.41. The third-order valence-electron chi connectivity index (χ3n) is 6.16. The van der Waals surface area contributed by atoms with Crippen LogP contribution in [0.2, 0.25) is 0 Å². The Morgan fingerprint density at radius 2 is 1.09 bits per heavy atom. The fourth-order valence-corrected chi connectivity index (χ4v) is 3.84. The van der Waals surface area contributed by atoms with Crippen LogP contribution in [-0.2, 0) is 42.9 Å². The molecule has 0 aliphatic rings. The Bertz CT molecular complexity index is 768. The molecule has 0 aromatic rings. The van der Waals surface area contributed by atoms with E-state index in [1.807, 2.05) is 6.92 Å². The maximum atomic E-state index is 12.1. The van der Waals surface area contributed by atoms with E-state index in [9.17, 15) is 29.1 Å². The SMILES string of the molecule is CCOCCOCCNC(=O)COCCOCCNC(=O)CC[C@H](NC(=O)CCCCCCCCCCC(=O)O)C(=O)O. The molecule has 0 radical (unpaired) electrons. The normalized spacial score (nSPS) is 11.6. The second-order valence-corrected chi connectivity index (χ2v) is 9.89. The summed E-state index contributed by atoms with van der Waals surface area (Å²) in [5, 5.41) is 25.8. The predicted octanol–water partition coefficient (Wildman–Crippen LogP) is 1.64. The molecular formula is C29H53N3O11. The molecule has 3 amide bonds. The standard InChI is InChI=1S/C29H53N3O11/c1-2-40-19-20-41-18-16-31-27(35)23-43-22-21-42-17-15-30-25(33)14-13-24(29(38)39)32-26(34)11-9-7-5-3-4-6-8-10-12-28(36)37/h24H,2-23H2,1H3,(H,30,33)(H,31,35)(H,32,34)(H,36,37)(H,38,39)/t24-/m0/s1. The van der Waals surface area contributed by atoms with Crippen molar-refractivity contribution in [3.63, 3.8) is 0 Å². The molecule has 0 saturated heterocycles. The largest absolute Gasteiger partial charge is 0.481 e. The molecule has 0 aliphatic carbocycles. The molecule has 0 aromatic carbocycles. The van der Waals surface area contributed by atoms with Gasteiger partial charge in [0.1, 0.15) is 12.6 Å². The summed E-state index contributed by atoms with van der Waals surface area (Å²) < 4.78 is 21.0. The van der Waals surface area contributed by atoms with Gasteiger partial charge in [-0.1, -0.05) is 38.5 Å². The molecular weight excluding hydrogens is 566 g/mol. The molecule has 0 aromatic heterocycles. The van der Waals surface area contributed by atoms with E-state index in [0.717, 1.165) is 38.5 Å². The highest BCUT2D eigenvalue weighted by Crippen LogP contribution is 2.11. The zero-order valence-corrected chi connectivity index (χ0v) is 25.7. The molecule has 0 bridgehead atoms. The zero-order chi connectivity index (χ0) is 32.0. The molecule has 0 aliphatic heterocycles. The molecule has 250 valence electrons. The topological polar surface area (TPSA) is 199 Å². The summed E-state index contributed by atoms with van der Waals surface area (Å²) in [6.07, 6.45) is 7.49. The third-order valence-corrected chi connectivity index (χ3v) is 6.16. The van der Waals surface area contributed by atoms with Gasteiger partial charge in [0, 0.05) is 39.0 Å². The van der Waals surface area contributed by atoms with Crippen LogP contribution in [-0.4, -0.2) is 112 Å². The van der Waals surface area contributed by atoms with Crippen LogP contribution in [0.4, 0.5) is 0 Å². The zero-order valence-electron chi connectivity index (χ0n) is 25.7. The van der Waals surface area contributed by atoms with Crippen LogP contribution in [0, 0.1) is 0 Å². The number of carboxylic acid groups (broad SMARTS) is 2. The van der Waals surface area contributed by atoms with Crippen LogP contribution < -0.4 is 16.0 Å². The molecule has 14 heteroatoms. The minimum Gasteiger partial charge on any atom is -0.481 e. The lowest BCUT2D eigenvalue weighted by molar-refractivity contribution is -0.142. The fourth-order valence-electron chi connectivity index (χ4n) is 3.84. The van der Waals surface area contributed by atoms with E-state index in [1.165, 1.54) is 0 Å². The number of nitrogens with one attached hydrogen (secondary N) is 3. The van der Waals surface area contributed by atoms with Gasteiger partial charge in [-0.2, -0.15) is 0 Å². The van der Waals surface area contributed by atoms with Crippen molar-refractivity contribution in [1.82, 2.24) is 16.0 Å². The number of hydrogen-bond donors (Lipinski definition) is 5. The first kappa shape index (κ1) is 40.2. The molecule has 0 unspecified atom stereocenters. The van der Waals surface area contributed by atoms with Gasteiger partial charge in [-0.15, -0.1) is 0 Å². The summed E-state index contributed by atoms with van der Waals surface area (Å²) >= 11 is 0. The van der Waals surface area contributed by atoms with Crippen LogP contribution in [0.25, 0.3) is 0 Å². The Labute approximate surface area is 254 Å². The lowest BCUT2D eigenvalue weighted by Gasteiger charge is -2.14. The van der Waals surface area contributed by atoms with Crippen LogP contribution in [0.3, 0.4) is 0 Å². The van der Waals surface area contributed by atoms with Gasteiger partial charge in [-0.25, -0.2) is 4.79 Å². The van der Waals surface area contributed by atoms with Gasteiger partial charge < -0.3 is 45.1 Å². The summed E-state index contributed by atoms with van der Waals surface area (Å²) in [6, 6.07) is -1.14. The van der Waals surface area contributed by atoms with Gasteiger partial charge >= 0.3 is 11.9 Å². The Morgan fingerprint density at radius 3 is 1.65 bits per heavy atom. The van der Waals surface area contributed by atoms with Crippen molar-refractivity contribution in [2.45, 2.75) is 90.0 Å². The minimum absolute atomic E-state index is 0.0229. The highest BCUT2D eigenvalue weighted by Gasteiger charge is 2.20. The first-order valence-electron chi connectivity index (χ1n) is 15.3. The number of carbonyl (C=O) groups excluding carboxylic acids is 3. The molecule has 0 rings (SSSR count). The smallest absolute Gasteiger partial charge is 0.326 e.